The molecule has 4 heteroatoms. The van der Waals surface area contributed by atoms with Gasteiger partial charge in [0.15, 0.2) is 0 Å². The van der Waals surface area contributed by atoms with Crippen LogP contribution in [-0.4, -0.2) is 7.05 Å². The van der Waals surface area contributed by atoms with E-state index in [1.54, 1.807) is 6.07 Å². The molecular formula is C17H15ClFNO. The topological polar surface area (TPSA) is 25.2 Å². The van der Waals surface area contributed by atoms with Gasteiger partial charge >= 0.3 is 0 Å². The lowest BCUT2D eigenvalue weighted by Crippen LogP contribution is -2.18. The van der Waals surface area contributed by atoms with Crippen molar-refractivity contribution >= 4 is 22.6 Å². The van der Waals surface area contributed by atoms with Crippen LogP contribution in [0.2, 0.25) is 5.02 Å². The van der Waals surface area contributed by atoms with Gasteiger partial charge in [0.1, 0.15) is 17.2 Å². The zero-order chi connectivity index (χ0) is 14.8. The van der Waals surface area contributed by atoms with Crippen molar-refractivity contribution in [1.82, 2.24) is 5.32 Å². The highest BCUT2D eigenvalue weighted by atomic mass is 35.5. The van der Waals surface area contributed by atoms with Gasteiger partial charge in [-0.05, 0) is 55.4 Å². The third kappa shape index (κ3) is 3.09. The highest BCUT2D eigenvalue weighted by Crippen LogP contribution is 2.27. The predicted octanol–water partition coefficient (Wildman–Crippen LogP) is 4.73. The molecule has 2 aromatic carbocycles. The van der Waals surface area contributed by atoms with Gasteiger partial charge in [0.05, 0.1) is 6.04 Å². The first-order valence-electron chi connectivity index (χ1n) is 6.76. The van der Waals surface area contributed by atoms with Gasteiger partial charge in [0.25, 0.3) is 0 Å². The Bertz CT molecular complexity index is 768. The van der Waals surface area contributed by atoms with Crippen molar-refractivity contribution in [3.05, 3.63) is 70.7 Å². The monoisotopic (exact) mass is 303 g/mol. The fraction of sp³-hybridized carbons (Fsp3) is 0.176. The summed E-state index contributed by atoms with van der Waals surface area (Å²) in [7, 11) is 1.88. The Morgan fingerprint density at radius 1 is 1.19 bits per heavy atom. The molecule has 0 fully saturated rings. The van der Waals surface area contributed by atoms with Gasteiger partial charge in [-0.3, -0.25) is 0 Å². The summed E-state index contributed by atoms with van der Waals surface area (Å²) in [5, 5.41) is 4.72. The maximum Gasteiger partial charge on any atom is 0.134 e. The summed E-state index contributed by atoms with van der Waals surface area (Å²) in [6.45, 7) is 0. The zero-order valence-corrected chi connectivity index (χ0v) is 12.3. The van der Waals surface area contributed by atoms with Gasteiger partial charge in [0, 0.05) is 10.4 Å². The van der Waals surface area contributed by atoms with E-state index in [2.05, 4.69) is 5.32 Å². The number of nitrogens with one attached hydrogen (secondary N) is 1. The number of likely N-dealkylation sites (N-methyl/N-ethyl adjacent to an activating group) is 1. The molecule has 0 aliphatic carbocycles. The molecule has 108 valence electrons. The van der Waals surface area contributed by atoms with Crippen molar-refractivity contribution in [3.63, 3.8) is 0 Å². The van der Waals surface area contributed by atoms with Gasteiger partial charge in [-0.1, -0.05) is 23.7 Å². The standard InChI is InChI=1S/C17H15ClFNO/c1-20-15(8-11-3-2-4-13(18)7-11)17-10-12-9-14(19)5-6-16(12)21-17/h2-7,9-10,15,20H,8H2,1H3. The minimum absolute atomic E-state index is 0.0129. The van der Waals surface area contributed by atoms with E-state index in [1.807, 2.05) is 37.4 Å². The van der Waals surface area contributed by atoms with E-state index >= 15 is 0 Å². The van der Waals surface area contributed by atoms with Gasteiger partial charge in [-0.25, -0.2) is 4.39 Å². The molecule has 0 spiro atoms. The summed E-state index contributed by atoms with van der Waals surface area (Å²) < 4.78 is 19.1. The van der Waals surface area contributed by atoms with Crippen LogP contribution in [0.3, 0.4) is 0 Å². The van der Waals surface area contributed by atoms with Gasteiger partial charge < -0.3 is 9.73 Å². The fourth-order valence-corrected chi connectivity index (χ4v) is 2.66. The van der Waals surface area contributed by atoms with Gasteiger partial charge in [-0.15, -0.1) is 0 Å². The average Bonchev–Trinajstić information content (AvgIpc) is 2.87. The number of hydrogen-bond acceptors (Lipinski definition) is 2. The number of rotatable bonds is 4. The second-order valence-electron chi connectivity index (χ2n) is 5.01. The smallest absolute Gasteiger partial charge is 0.134 e. The van der Waals surface area contributed by atoms with Crippen LogP contribution >= 0.6 is 11.6 Å². The molecule has 1 aromatic heterocycles. The van der Waals surface area contributed by atoms with Crippen LogP contribution in [0.1, 0.15) is 17.4 Å². The third-order valence-corrected chi connectivity index (χ3v) is 3.75. The van der Waals surface area contributed by atoms with Crippen molar-refractivity contribution in [3.8, 4) is 0 Å². The predicted molar refractivity (Wildman–Crippen MR) is 83.1 cm³/mol. The lowest BCUT2D eigenvalue weighted by molar-refractivity contribution is 0.451. The number of furan rings is 1. The summed E-state index contributed by atoms with van der Waals surface area (Å²) in [5.41, 5.74) is 1.81. The fourth-order valence-electron chi connectivity index (χ4n) is 2.45. The SMILES string of the molecule is CNC(Cc1cccc(Cl)c1)c1cc2cc(F)ccc2o1. The Hall–Kier alpha value is -1.84. The Kier molecular flexibility index (Phi) is 3.95. The third-order valence-electron chi connectivity index (χ3n) is 3.52. The zero-order valence-electron chi connectivity index (χ0n) is 11.6. The van der Waals surface area contributed by atoms with E-state index in [0.29, 0.717) is 10.6 Å². The summed E-state index contributed by atoms with van der Waals surface area (Å²) >= 11 is 6.01. The van der Waals surface area contributed by atoms with Crippen LogP contribution in [0.5, 0.6) is 0 Å². The number of hydrogen-bond donors (Lipinski definition) is 1. The van der Waals surface area contributed by atoms with E-state index in [1.165, 1.54) is 12.1 Å². The Balaban J connectivity index is 1.90. The average molecular weight is 304 g/mol. The molecular weight excluding hydrogens is 289 g/mol. The Morgan fingerprint density at radius 3 is 2.81 bits per heavy atom. The van der Waals surface area contributed by atoms with Crippen LogP contribution in [0.4, 0.5) is 4.39 Å². The molecule has 0 bridgehead atoms. The van der Waals surface area contributed by atoms with Gasteiger partial charge in [-0.2, -0.15) is 0 Å². The molecule has 1 heterocycles. The first-order chi connectivity index (χ1) is 10.2. The normalized spacial score (nSPS) is 12.7. The maximum atomic E-state index is 13.2. The van der Waals surface area contributed by atoms with Crippen LogP contribution in [0, 0.1) is 5.82 Å². The van der Waals surface area contributed by atoms with Gasteiger partial charge in [0.2, 0.25) is 0 Å². The molecule has 3 aromatic rings. The summed E-state index contributed by atoms with van der Waals surface area (Å²) in [6.07, 6.45) is 0.749. The Labute approximate surface area is 127 Å². The van der Waals surface area contributed by atoms with Crippen LogP contribution in [-0.2, 0) is 6.42 Å². The molecule has 0 radical (unpaired) electrons. The first kappa shape index (κ1) is 14.1. The molecule has 3 rings (SSSR count). The summed E-state index contributed by atoms with van der Waals surface area (Å²) in [6, 6.07) is 14.2. The van der Waals surface area contributed by atoms with E-state index in [0.717, 1.165) is 23.1 Å². The second kappa shape index (κ2) is 5.88. The number of benzene rings is 2. The Morgan fingerprint density at radius 2 is 2.05 bits per heavy atom. The van der Waals surface area contributed by atoms with Crippen molar-refractivity contribution < 1.29 is 8.81 Å². The molecule has 1 N–H and O–H groups in total. The summed E-state index contributed by atoms with van der Waals surface area (Å²) in [4.78, 5) is 0. The molecule has 0 saturated carbocycles. The molecule has 0 amide bonds. The minimum Gasteiger partial charge on any atom is -0.459 e. The number of halogens is 2. The first-order valence-corrected chi connectivity index (χ1v) is 7.14. The number of fused-ring (bicyclic) bond motifs is 1. The lowest BCUT2D eigenvalue weighted by Gasteiger charge is -2.13. The highest BCUT2D eigenvalue weighted by Gasteiger charge is 2.15. The van der Waals surface area contributed by atoms with E-state index in [4.69, 9.17) is 16.0 Å². The van der Waals surface area contributed by atoms with Crippen molar-refractivity contribution in [1.29, 1.82) is 0 Å². The van der Waals surface area contributed by atoms with Crippen LogP contribution < -0.4 is 5.32 Å². The summed E-state index contributed by atoms with van der Waals surface area (Å²) in [5.74, 6) is 0.531. The molecule has 1 atom stereocenters. The van der Waals surface area contributed by atoms with Crippen molar-refractivity contribution in [2.24, 2.45) is 0 Å². The van der Waals surface area contributed by atoms with Crippen molar-refractivity contribution in [2.45, 2.75) is 12.5 Å². The highest BCUT2D eigenvalue weighted by molar-refractivity contribution is 6.30. The maximum absolute atomic E-state index is 13.2. The molecule has 0 aliphatic rings. The minimum atomic E-state index is -0.259. The van der Waals surface area contributed by atoms with E-state index in [-0.39, 0.29) is 11.9 Å². The lowest BCUT2D eigenvalue weighted by atomic mass is 10.0. The quantitative estimate of drug-likeness (QED) is 0.754. The largest absolute Gasteiger partial charge is 0.459 e. The van der Waals surface area contributed by atoms with Crippen LogP contribution in [0.25, 0.3) is 11.0 Å². The molecule has 1 unspecified atom stereocenters. The van der Waals surface area contributed by atoms with Crippen LogP contribution in [0.15, 0.2) is 52.9 Å². The van der Waals surface area contributed by atoms with E-state index < -0.39 is 0 Å². The molecule has 0 saturated heterocycles. The van der Waals surface area contributed by atoms with Crippen molar-refractivity contribution in [2.75, 3.05) is 7.05 Å². The molecule has 0 aliphatic heterocycles. The van der Waals surface area contributed by atoms with E-state index in [9.17, 15) is 4.39 Å². The molecule has 2 nitrogen and oxygen atoms in total. The second-order valence-corrected chi connectivity index (χ2v) is 5.44. The molecule has 21 heavy (non-hydrogen) atoms.